The van der Waals surface area contributed by atoms with Gasteiger partial charge in [-0.2, -0.15) is 11.8 Å². The third kappa shape index (κ3) is 4.69. The summed E-state index contributed by atoms with van der Waals surface area (Å²) in [5.74, 6) is 1.99. The fourth-order valence-electron chi connectivity index (χ4n) is 2.19. The van der Waals surface area contributed by atoms with E-state index in [0.717, 1.165) is 17.9 Å². The Morgan fingerprint density at radius 2 is 1.65 bits per heavy atom. The number of hydrogen-bond donors (Lipinski definition) is 1. The molecule has 106 valence electrons. The summed E-state index contributed by atoms with van der Waals surface area (Å²) in [5, 5.41) is 0. The van der Waals surface area contributed by atoms with Gasteiger partial charge in [-0.25, -0.2) is 0 Å². The molecular formula is C18H23NS. The SMILES string of the molecule is CCCc1ccc(C(N)CSCc2ccccc2)cc1. The van der Waals surface area contributed by atoms with Crippen LogP contribution in [0.2, 0.25) is 0 Å². The van der Waals surface area contributed by atoms with Crippen molar-refractivity contribution in [1.29, 1.82) is 0 Å². The highest BCUT2D eigenvalue weighted by Gasteiger charge is 2.06. The molecule has 1 unspecified atom stereocenters. The van der Waals surface area contributed by atoms with Gasteiger partial charge in [0.25, 0.3) is 0 Å². The van der Waals surface area contributed by atoms with E-state index < -0.39 is 0 Å². The first-order valence-corrected chi connectivity index (χ1v) is 8.41. The number of benzene rings is 2. The molecular weight excluding hydrogens is 262 g/mol. The average Bonchev–Trinajstić information content (AvgIpc) is 2.49. The molecule has 0 aliphatic rings. The second-order valence-electron chi connectivity index (χ2n) is 5.10. The maximum Gasteiger partial charge on any atom is 0.0386 e. The monoisotopic (exact) mass is 285 g/mol. The van der Waals surface area contributed by atoms with Crippen LogP contribution in [-0.2, 0) is 12.2 Å². The van der Waals surface area contributed by atoms with Gasteiger partial charge in [-0.15, -0.1) is 0 Å². The van der Waals surface area contributed by atoms with Crippen molar-refractivity contribution in [3.8, 4) is 0 Å². The topological polar surface area (TPSA) is 26.0 Å². The van der Waals surface area contributed by atoms with E-state index in [0.29, 0.717) is 0 Å². The Morgan fingerprint density at radius 1 is 0.950 bits per heavy atom. The average molecular weight is 285 g/mol. The number of rotatable bonds is 7. The lowest BCUT2D eigenvalue weighted by atomic mass is 10.0. The molecule has 0 aromatic heterocycles. The summed E-state index contributed by atoms with van der Waals surface area (Å²) in [6, 6.07) is 19.5. The van der Waals surface area contributed by atoms with Crippen LogP contribution in [0.1, 0.15) is 36.1 Å². The fraction of sp³-hybridized carbons (Fsp3) is 0.333. The van der Waals surface area contributed by atoms with Crippen molar-refractivity contribution in [2.75, 3.05) is 5.75 Å². The first-order chi connectivity index (χ1) is 9.79. The van der Waals surface area contributed by atoms with Crippen LogP contribution in [-0.4, -0.2) is 5.75 Å². The molecule has 0 aliphatic carbocycles. The predicted octanol–water partition coefficient (Wildman–Crippen LogP) is 4.57. The van der Waals surface area contributed by atoms with Gasteiger partial charge in [-0.05, 0) is 23.1 Å². The van der Waals surface area contributed by atoms with E-state index in [1.807, 2.05) is 11.8 Å². The molecule has 1 nitrogen and oxygen atoms in total. The summed E-state index contributed by atoms with van der Waals surface area (Å²) < 4.78 is 0. The van der Waals surface area contributed by atoms with E-state index >= 15 is 0 Å². The zero-order valence-corrected chi connectivity index (χ0v) is 12.9. The summed E-state index contributed by atoms with van der Waals surface area (Å²) >= 11 is 1.90. The van der Waals surface area contributed by atoms with E-state index in [1.54, 1.807) is 0 Å². The summed E-state index contributed by atoms with van der Waals surface area (Å²) in [5.41, 5.74) is 10.3. The molecule has 1 atom stereocenters. The zero-order valence-electron chi connectivity index (χ0n) is 12.1. The second-order valence-corrected chi connectivity index (χ2v) is 6.13. The molecule has 20 heavy (non-hydrogen) atoms. The van der Waals surface area contributed by atoms with Crippen LogP contribution in [0, 0.1) is 0 Å². The Hall–Kier alpha value is -1.25. The van der Waals surface area contributed by atoms with Crippen LogP contribution in [0.25, 0.3) is 0 Å². The van der Waals surface area contributed by atoms with Crippen LogP contribution in [0.3, 0.4) is 0 Å². The standard InChI is InChI=1S/C18H23NS/c1-2-6-15-9-11-17(12-10-15)18(19)14-20-13-16-7-4-3-5-8-16/h3-5,7-12,18H,2,6,13-14,19H2,1H3. The lowest BCUT2D eigenvalue weighted by Crippen LogP contribution is -2.13. The maximum absolute atomic E-state index is 6.26. The number of thioether (sulfide) groups is 1. The van der Waals surface area contributed by atoms with E-state index in [9.17, 15) is 0 Å². The summed E-state index contributed by atoms with van der Waals surface area (Å²) in [6.07, 6.45) is 2.34. The molecule has 0 radical (unpaired) electrons. The van der Waals surface area contributed by atoms with Gasteiger partial charge in [0.1, 0.15) is 0 Å². The molecule has 2 heteroatoms. The molecule has 2 aromatic carbocycles. The molecule has 0 spiro atoms. The van der Waals surface area contributed by atoms with E-state index in [-0.39, 0.29) is 6.04 Å². The second kappa shape index (κ2) is 8.13. The van der Waals surface area contributed by atoms with Crippen LogP contribution in [0.15, 0.2) is 54.6 Å². The summed E-state index contributed by atoms with van der Waals surface area (Å²) in [6.45, 7) is 2.21. The highest BCUT2D eigenvalue weighted by molar-refractivity contribution is 7.98. The van der Waals surface area contributed by atoms with Crippen molar-refractivity contribution < 1.29 is 0 Å². The predicted molar refractivity (Wildman–Crippen MR) is 90.0 cm³/mol. The third-order valence-corrected chi connectivity index (χ3v) is 4.49. The van der Waals surface area contributed by atoms with Crippen molar-refractivity contribution in [2.24, 2.45) is 5.73 Å². The molecule has 0 saturated heterocycles. The van der Waals surface area contributed by atoms with Gasteiger partial charge >= 0.3 is 0 Å². The lowest BCUT2D eigenvalue weighted by Gasteiger charge is -2.12. The van der Waals surface area contributed by atoms with Gasteiger partial charge < -0.3 is 5.73 Å². The minimum atomic E-state index is 0.124. The zero-order chi connectivity index (χ0) is 14.2. The smallest absolute Gasteiger partial charge is 0.0386 e. The van der Waals surface area contributed by atoms with Gasteiger partial charge in [-0.3, -0.25) is 0 Å². The molecule has 0 saturated carbocycles. The van der Waals surface area contributed by atoms with E-state index in [1.165, 1.54) is 23.1 Å². The molecule has 0 heterocycles. The summed E-state index contributed by atoms with van der Waals surface area (Å²) in [7, 11) is 0. The molecule has 0 fully saturated rings. The van der Waals surface area contributed by atoms with Crippen molar-refractivity contribution in [1.82, 2.24) is 0 Å². The minimum absolute atomic E-state index is 0.124. The largest absolute Gasteiger partial charge is 0.323 e. The molecule has 2 rings (SSSR count). The van der Waals surface area contributed by atoms with Gasteiger partial charge in [0.05, 0.1) is 0 Å². The maximum atomic E-state index is 6.26. The lowest BCUT2D eigenvalue weighted by molar-refractivity contribution is 0.828. The quantitative estimate of drug-likeness (QED) is 0.806. The van der Waals surface area contributed by atoms with E-state index in [2.05, 4.69) is 61.5 Å². The van der Waals surface area contributed by atoms with Crippen molar-refractivity contribution in [3.63, 3.8) is 0 Å². The van der Waals surface area contributed by atoms with Crippen LogP contribution in [0.4, 0.5) is 0 Å². The van der Waals surface area contributed by atoms with Crippen LogP contribution >= 0.6 is 11.8 Å². The first-order valence-electron chi connectivity index (χ1n) is 7.25. The van der Waals surface area contributed by atoms with Gasteiger partial charge in [0.15, 0.2) is 0 Å². The Kier molecular flexibility index (Phi) is 6.16. The number of aryl methyl sites for hydroxylation is 1. The normalized spacial score (nSPS) is 12.3. The van der Waals surface area contributed by atoms with Crippen molar-refractivity contribution >= 4 is 11.8 Å². The van der Waals surface area contributed by atoms with Crippen LogP contribution < -0.4 is 5.73 Å². The Morgan fingerprint density at radius 3 is 2.30 bits per heavy atom. The van der Waals surface area contributed by atoms with Crippen molar-refractivity contribution in [3.05, 3.63) is 71.3 Å². The molecule has 0 amide bonds. The highest BCUT2D eigenvalue weighted by atomic mass is 32.2. The molecule has 0 bridgehead atoms. The molecule has 2 N–H and O–H groups in total. The highest BCUT2D eigenvalue weighted by Crippen LogP contribution is 2.20. The molecule has 2 aromatic rings. The number of hydrogen-bond acceptors (Lipinski definition) is 2. The third-order valence-electron chi connectivity index (χ3n) is 3.36. The first kappa shape index (κ1) is 15.1. The Bertz CT molecular complexity index is 493. The van der Waals surface area contributed by atoms with E-state index in [4.69, 9.17) is 5.73 Å². The van der Waals surface area contributed by atoms with Gasteiger partial charge in [-0.1, -0.05) is 67.9 Å². The van der Waals surface area contributed by atoms with Gasteiger partial charge in [0, 0.05) is 17.5 Å². The Balaban J connectivity index is 1.80. The Labute approximate surface area is 126 Å². The fourth-order valence-corrected chi connectivity index (χ4v) is 3.19. The van der Waals surface area contributed by atoms with Gasteiger partial charge in [0.2, 0.25) is 0 Å². The van der Waals surface area contributed by atoms with Crippen molar-refractivity contribution in [2.45, 2.75) is 31.6 Å². The summed E-state index contributed by atoms with van der Waals surface area (Å²) in [4.78, 5) is 0. The minimum Gasteiger partial charge on any atom is -0.323 e. The molecule has 0 aliphatic heterocycles. The number of nitrogens with two attached hydrogens (primary N) is 1. The van der Waals surface area contributed by atoms with Crippen LogP contribution in [0.5, 0.6) is 0 Å².